The maximum Gasteiger partial charge on any atom is 0.573 e. The van der Waals surface area contributed by atoms with Gasteiger partial charge in [0.2, 0.25) is 0 Å². The molecular formula is C27H37Cl2F3N2O2. The molecular weight excluding hydrogens is 512 g/mol. The second kappa shape index (κ2) is 13.3. The smallest absolute Gasteiger partial charge is 0.406 e. The van der Waals surface area contributed by atoms with Gasteiger partial charge in [-0.15, -0.1) is 38.0 Å². The molecule has 2 aliphatic rings. The number of hydrogen-bond donors (Lipinski definition) is 1. The van der Waals surface area contributed by atoms with Crippen LogP contribution in [0.1, 0.15) is 62.1 Å². The molecule has 4 rings (SSSR count). The zero-order valence-corrected chi connectivity index (χ0v) is 22.3. The van der Waals surface area contributed by atoms with E-state index in [4.69, 9.17) is 0 Å². The lowest BCUT2D eigenvalue weighted by molar-refractivity contribution is -0.274. The van der Waals surface area contributed by atoms with E-state index in [1.165, 1.54) is 17.7 Å². The summed E-state index contributed by atoms with van der Waals surface area (Å²) >= 11 is 0. The van der Waals surface area contributed by atoms with Crippen molar-refractivity contribution in [1.82, 2.24) is 9.80 Å². The van der Waals surface area contributed by atoms with Gasteiger partial charge in [-0.25, -0.2) is 0 Å². The van der Waals surface area contributed by atoms with E-state index in [0.717, 1.165) is 45.4 Å². The summed E-state index contributed by atoms with van der Waals surface area (Å²) in [7, 11) is 0. The average molecular weight is 550 g/mol. The summed E-state index contributed by atoms with van der Waals surface area (Å²) in [4.78, 5) is 4.82. The second-order valence-corrected chi connectivity index (χ2v) is 9.76. The molecule has 1 saturated heterocycles. The number of nitrogens with zero attached hydrogens (tertiary/aromatic N) is 2. The molecule has 9 heteroatoms. The summed E-state index contributed by atoms with van der Waals surface area (Å²) in [5.74, 6) is -0.487. The van der Waals surface area contributed by atoms with Crippen LogP contribution < -0.4 is 4.74 Å². The van der Waals surface area contributed by atoms with Gasteiger partial charge in [-0.05, 0) is 43.0 Å². The minimum atomic E-state index is -4.73. The second-order valence-electron chi connectivity index (χ2n) is 9.76. The fourth-order valence-electron chi connectivity index (χ4n) is 5.56. The Morgan fingerprint density at radius 1 is 0.889 bits per heavy atom. The number of benzene rings is 2. The highest BCUT2D eigenvalue weighted by atomic mass is 35.5. The van der Waals surface area contributed by atoms with E-state index in [0.29, 0.717) is 31.0 Å². The van der Waals surface area contributed by atoms with Crippen molar-refractivity contribution >= 4 is 24.8 Å². The summed E-state index contributed by atoms with van der Waals surface area (Å²) < 4.78 is 42.6. The number of rotatable bonds is 7. The molecule has 36 heavy (non-hydrogen) atoms. The molecule has 2 fully saturated rings. The minimum Gasteiger partial charge on any atom is -0.406 e. The lowest BCUT2D eigenvalue weighted by Crippen LogP contribution is -2.51. The van der Waals surface area contributed by atoms with E-state index in [9.17, 15) is 18.3 Å². The van der Waals surface area contributed by atoms with Crippen LogP contribution in [0.3, 0.4) is 0 Å². The molecule has 0 radical (unpaired) electrons. The van der Waals surface area contributed by atoms with Crippen molar-refractivity contribution in [1.29, 1.82) is 0 Å². The van der Waals surface area contributed by atoms with Gasteiger partial charge in [-0.1, -0.05) is 61.7 Å². The van der Waals surface area contributed by atoms with Crippen LogP contribution >= 0.6 is 24.8 Å². The van der Waals surface area contributed by atoms with E-state index in [2.05, 4.69) is 45.7 Å². The molecule has 0 bridgehead atoms. The Labute approximate surface area is 224 Å². The zero-order valence-electron chi connectivity index (χ0n) is 20.6. The molecule has 1 saturated carbocycles. The predicted molar refractivity (Wildman–Crippen MR) is 141 cm³/mol. The molecule has 0 aromatic heterocycles. The van der Waals surface area contributed by atoms with Gasteiger partial charge in [0.1, 0.15) is 5.75 Å². The summed E-state index contributed by atoms with van der Waals surface area (Å²) in [5, 5.41) is 11.6. The lowest BCUT2D eigenvalue weighted by atomic mass is 9.72. The first-order chi connectivity index (χ1) is 16.2. The first-order valence-corrected chi connectivity index (χ1v) is 12.3. The number of hydrogen-bond acceptors (Lipinski definition) is 4. The van der Waals surface area contributed by atoms with Gasteiger partial charge in [-0.2, -0.15) is 0 Å². The van der Waals surface area contributed by atoms with Crippen molar-refractivity contribution < 1.29 is 23.0 Å². The van der Waals surface area contributed by atoms with Gasteiger partial charge in [0.05, 0.1) is 5.60 Å². The Kier molecular flexibility index (Phi) is 11.4. The van der Waals surface area contributed by atoms with Gasteiger partial charge >= 0.3 is 6.36 Å². The number of ether oxygens (including phenoxy) is 1. The first-order valence-electron chi connectivity index (χ1n) is 12.3. The lowest BCUT2D eigenvalue weighted by Gasteiger charge is -2.44. The number of alkyl halides is 3. The largest absolute Gasteiger partial charge is 0.573 e. The van der Waals surface area contributed by atoms with Crippen LogP contribution in [-0.4, -0.2) is 59.6 Å². The van der Waals surface area contributed by atoms with E-state index in [-0.39, 0.29) is 36.5 Å². The number of piperazine rings is 1. The van der Waals surface area contributed by atoms with E-state index < -0.39 is 12.0 Å². The van der Waals surface area contributed by atoms with Crippen LogP contribution in [0.2, 0.25) is 0 Å². The molecule has 1 heterocycles. The molecule has 0 unspecified atom stereocenters. The third-order valence-electron chi connectivity index (χ3n) is 7.54. The minimum absolute atomic E-state index is 0. The van der Waals surface area contributed by atoms with Crippen LogP contribution in [0.5, 0.6) is 5.75 Å². The maximum atomic E-state index is 12.8. The van der Waals surface area contributed by atoms with Crippen molar-refractivity contribution in [3.05, 3.63) is 65.7 Å². The molecule has 2 aromatic rings. The monoisotopic (exact) mass is 548 g/mol. The maximum absolute atomic E-state index is 12.8. The Balaban J connectivity index is 0.00000228. The standard InChI is InChI=1S/C27H35F3N2O2.2ClH/c1-21(22-9-4-2-5-10-22)32-17-15-31(16-18-32)20-25(26(33)13-6-3-7-14-26)23-11-8-12-24(19-23)34-27(28,29)30;;/h2,4-5,8-12,19,21,25,33H,3,6-7,13-18,20H2,1H3;2*1H/t21-,25-;;/m1../s1. The molecule has 1 aliphatic carbocycles. The first kappa shape index (κ1) is 30.7. The van der Waals surface area contributed by atoms with Crippen molar-refractivity contribution in [3.8, 4) is 5.75 Å². The van der Waals surface area contributed by atoms with Gasteiger partial charge in [0.15, 0.2) is 0 Å². The third-order valence-corrected chi connectivity index (χ3v) is 7.54. The van der Waals surface area contributed by atoms with Crippen molar-refractivity contribution in [2.75, 3.05) is 32.7 Å². The van der Waals surface area contributed by atoms with Gasteiger partial charge in [-0.3, -0.25) is 4.90 Å². The molecule has 2 aromatic carbocycles. The van der Waals surface area contributed by atoms with E-state index in [1.54, 1.807) is 6.07 Å². The van der Waals surface area contributed by atoms with E-state index in [1.807, 2.05) is 12.1 Å². The highest BCUT2D eigenvalue weighted by Gasteiger charge is 2.40. The normalized spacial score (nSPS) is 20.5. The molecule has 1 aliphatic heterocycles. The number of halogens is 5. The Morgan fingerprint density at radius 2 is 1.50 bits per heavy atom. The molecule has 0 spiro atoms. The van der Waals surface area contributed by atoms with Crippen LogP contribution in [0, 0.1) is 0 Å². The molecule has 202 valence electrons. The van der Waals surface area contributed by atoms with Crippen LogP contribution in [0.15, 0.2) is 54.6 Å². The fraction of sp³-hybridized carbons (Fsp3) is 0.556. The molecule has 0 amide bonds. The van der Waals surface area contributed by atoms with E-state index >= 15 is 0 Å². The average Bonchev–Trinajstić information content (AvgIpc) is 2.82. The summed E-state index contributed by atoms with van der Waals surface area (Å²) in [6.07, 6.45) is -0.424. The fourth-order valence-corrected chi connectivity index (χ4v) is 5.56. The quantitative estimate of drug-likeness (QED) is 0.423. The Hall–Kier alpha value is -1.51. The molecule has 4 nitrogen and oxygen atoms in total. The Morgan fingerprint density at radius 3 is 2.11 bits per heavy atom. The van der Waals surface area contributed by atoms with Crippen molar-refractivity contribution in [3.63, 3.8) is 0 Å². The molecule has 1 N–H and O–H groups in total. The number of aliphatic hydroxyl groups is 1. The summed E-state index contributed by atoms with van der Waals surface area (Å²) in [5.41, 5.74) is 1.10. The topological polar surface area (TPSA) is 35.9 Å². The highest BCUT2D eigenvalue weighted by Crippen LogP contribution is 2.41. The van der Waals surface area contributed by atoms with Gasteiger partial charge < -0.3 is 14.7 Å². The highest BCUT2D eigenvalue weighted by molar-refractivity contribution is 5.85. The SMILES string of the molecule is C[C@H](c1ccccc1)N1CCN(C[C@H](c2cccc(OC(F)(F)F)c2)C2(O)CCCCC2)CC1.Cl.Cl. The van der Waals surface area contributed by atoms with Gasteiger partial charge in [0, 0.05) is 44.7 Å². The van der Waals surface area contributed by atoms with Crippen molar-refractivity contribution in [2.45, 2.75) is 63.0 Å². The van der Waals surface area contributed by atoms with Gasteiger partial charge in [0.25, 0.3) is 0 Å². The van der Waals surface area contributed by atoms with Crippen molar-refractivity contribution in [2.24, 2.45) is 0 Å². The van der Waals surface area contributed by atoms with Crippen LogP contribution in [0.25, 0.3) is 0 Å². The van der Waals surface area contributed by atoms with Crippen LogP contribution in [0.4, 0.5) is 13.2 Å². The Bertz CT molecular complexity index is 919. The predicted octanol–water partition coefficient (Wildman–Crippen LogP) is 6.59. The molecule has 2 atom stereocenters. The summed E-state index contributed by atoms with van der Waals surface area (Å²) in [6, 6.07) is 17.0. The zero-order chi connectivity index (χ0) is 24.2. The van der Waals surface area contributed by atoms with Crippen LogP contribution in [-0.2, 0) is 0 Å². The summed E-state index contributed by atoms with van der Waals surface area (Å²) in [6.45, 7) is 6.41. The third kappa shape index (κ3) is 7.99.